The fourth-order valence-corrected chi connectivity index (χ4v) is 2.25. The van der Waals surface area contributed by atoms with E-state index < -0.39 is 9.84 Å². The van der Waals surface area contributed by atoms with E-state index in [-0.39, 0.29) is 4.90 Å². The lowest BCUT2D eigenvalue weighted by molar-refractivity contribution is 0.112. The number of sulfone groups is 1. The van der Waals surface area contributed by atoms with Crippen molar-refractivity contribution in [3.05, 3.63) is 47.7 Å². The van der Waals surface area contributed by atoms with Crippen LogP contribution >= 0.6 is 0 Å². The van der Waals surface area contributed by atoms with Crippen LogP contribution in [0.2, 0.25) is 0 Å². The van der Waals surface area contributed by atoms with Crippen molar-refractivity contribution >= 4 is 16.1 Å². The van der Waals surface area contributed by atoms with E-state index in [1.54, 1.807) is 25.1 Å². The van der Waals surface area contributed by atoms with Crippen molar-refractivity contribution in [1.29, 1.82) is 0 Å². The molecule has 0 atom stereocenters. The molecule has 0 spiro atoms. The maximum atomic E-state index is 11.3. The zero-order chi connectivity index (χ0) is 14.8. The molecule has 0 N–H and O–H groups in total. The maximum Gasteiger partial charge on any atom is 0.222 e. The quantitative estimate of drug-likeness (QED) is 0.809. The minimum Gasteiger partial charge on any atom is -0.439 e. The fourth-order valence-electron chi connectivity index (χ4n) is 1.62. The van der Waals surface area contributed by atoms with Crippen molar-refractivity contribution in [2.75, 3.05) is 6.26 Å². The second kappa shape index (κ2) is 5.42. The predicted octanol–water partition coefficient (Wildman–Crippen LogP) is 2.40. The molecule has 0 aliphatic heterocycles. The molecule has 20 heavy (non-hydrogen) atoms. The number of aldehydes is 1. The Kier molecular flexibility index (Phi) is 3.85. The van der Waals surface area contributed by atoms with Gasteiger partial charge in [0.25, 0.3) is 0 Å². The highest BCUT2D eigenvalue weighted by Crippen LogP contribution is 2.24. The molecule has 0 bridgehead atoms. The maximum absolute atomic E-state index is 11.3. The van der Waals surface area contributed by atoms with Gasteiger partial charge in [0.15, 0.2) is 16.1 Å². The molecular weight excluding hydrogens is 278 g/mol. The molecule has 0 unspecified atom stereocenters. The van der Waals surface area contributed by atoms with Crippen LogP contribution in [-0.2, 0) is 9.84 Å². The van der Waals surface area contributed by atoms with Gasteiger partial charge in [0, 0.05) is 23.6 Å². The molecule has 0 aliphatic carbocycles. The van der Waals surface area contributed by atoms with E-state index in [2.05, 4.69) is 4.98 Å². The minimum absolute atomic E-state index is 0.228. The Morgan fingerprint density at radius 1 is 1.20 bits per heavy atom. The molecule has 1 aromatic carbocycles. The van der Waals surface area contributed by atoms with Crippen molar-refractivity contribution in [2.45, 2.75) is 11.8 Å². The summed E-state index contributed by atoms with van der Waals surface area (Å²) in [5.74, 6) is 0.856. The monoisotopic (exact) mass is 291 g/mol. The standard InChI is InChI=1S/C14H13NO4S/c1-10-7-11(9-16)8-15-14(10)19-12-3-5-13(6-4-12)20(2,17)18/h3-9H,1-2H3. The van der Waals surface area contributed by atoms with Gasteiger partial charge < -0.3 is 4.74 Å². The molecule has 2 rings (SSSR count). The normalized spacial score (nSPS) is 11.1. The number of benzene rings is 1. The Bertz CT molecular complexity index is 736. The van der Waals surface area contributed by atoms with Crippen LogP contribution in [0.25, 0.3) is 0 Å². The van der Waals surface area contributed by atoms with Crippen molar-refractivity contribution < 1.29 is 17.9 Å². The average molecular weight is 291 g/mol. The molecule has 1 aromatic heterocycles. The Labute approximate surface area is 117 Å². The van der Waals surface area contributed by atoms with Gasteiger partial charge in [0.05, 0.1) is 4.90 Å². The number of pyridine rings is 1. The molecule has 6 heteroatoms. The summed E-state index contributed by atoms with van der Waals surface area (Å²) in [6.45, 7) is 1.78. The zero-order valence-electron chi connectivity index (χ0n) is 11.0. The van der Waals surface area contributed by atoms with Crippen LogP contribution in [0.4, 0.5) is 0 Å². The fraction of sp³-hybridized carbons (Fsp3) is 0.143. The van der Waals surface area contributed by atoms with Crippen molar-refractivity contribution in [3.63, 3.8) is 0 Å². The topological polar surface area (TPSA) is 73.3 Å². The van der Waals surface area contributed by atoms with Gasteiger partial charge in [-0.2, -0.15) is 0 Å². The number of aromatic nitrogens is 1. The van der Waals surface area contributed by atoms with E-state index >= 15 is 0 Å². The number of hydrogen-bond acceptors (Lipinski definition) is 5. The van der Waals surface area contributed by atoms with Gasteiger partial charge >= 0.3 is 0 Å². The summed E-state index contributed by atoms with van der Waals surface area (Å²) < 4.78 is 28.2. The van der Waals surface area contributed by atoms with E-state index in [1.165, 1.54) is 18.3 Å². The van der Waals surface area contributed by atoms with Gasteiger partial charge in [-0.25, -0.2) is 13.4 Å². The van der Waals surface area contributed by atoms with E-state index in [4.69, 9.17) is 4.74 Å². The van der Waals surface area contributed by atoms with E-state index in [9.17, 15) is 13.2 Å². The third-order valence-corrected chi connectivity index (χ3v) is 3.78. The Morgan fingerprint density at radius 2 is 1.85 bits per heavy atom. The van der Waals surface area contributed by atoms with E-state index in [1.807, 2.05) is 0 Å². The minimum atomic E-state index is -3.22. The molecule has 0 radical (unpaired) electrons. The molecule has 0 amide bonds. The van der Waals surface area contributed by atoms with Gasteiger partial charge in [0.2, 0.25) is 5.88 Å². The molecule has 0 saturated heterocycles. The number of aryl methyl sites for hydroxylation is 1. The van der Waals surface area contributed by atoms with Crippen molar-refractivity contribution in [1.82, 2.24) is 4.98 Å². The van der Waals surface area contributed by atoms with Crippen molar-refractivity contribution in [3.8, 4) is 11.6 Å². The lowest BCUT2D eigenvalue weighted by Crippen LogP contribution is -1.97. The Morgan fingerprint density at radius 3 is 2.35 bits per heavy atom. The average Bonchev–Trinajstić information content (AvgIpc) is 2.40. The SMILES string of the molecule is Cc1cc(C=O)cnc1Oc1ccc(S(C)(=O)=O)cc1. The largest absolute Gasteiger partial charge is 0.439 e. The molecular formula is C14H13NO4S. The van der Waals surface area contributed by atoms with E-state index in [0.717, 1.165) is 11.8 Å². The first-order valence-electron chi connectivity index (χ1n) is 5.80. The Balaban J connectivity index is 2.24. The summed E-state index contributed by atoms with van der Waals surface area (Å²) in [7, 11) is -3.22. The molecule has 2 aromatic rings. The number of rotatable bonds is 4. The second-order valence-corrected chi connectivity index (χ2v) is 6.37. The van der Waals surface area contributed by atoms with Crippen LogP contribution in [-0.4, -0.2) is 25.9 Å². The zero-order valence-corrected chi connectivity index (χ0v) is 11.8. The highest BCUT2D eigenvalue weighted by atomic mass is 32.2. The van der Waals surface area contributed by atoms with Crippen LogP contribution in [0.5, 0.6) is 11.6 Å². The number of carbonyl (C=O) groups is 1. The molecule has 0 aliphatic rings. The summed E-state index contributed by atoms with van der Waals surface area (Å²) in [6.07, 6.45) is 3.28. The number of ether oxygens (including phenoxy) is 1. The molecule has 0 fully saturated rings. The van der Waals surface area contributed by atoms with Gasteiger partial charge in [-0.05, 0) is 37.3 Å². The van der Waals surface area contributed by atoms with Crippen LogP contribution < -0.4 is 4.74 Å². The summed E-state index contributed by atoms with van der Waals surface area (Å²) >= 11 is 0. The first kappa shape index (κ1) is 14.2. The number of nitrogens with zero attached hydrogens (tertiary/aromatic N) is 1. The Hall–Kier alpha value is -2.21. The van der Waals surface area contributed by atoms with Gasteiger partial charge in [-0.3, -0.25) is 4.79 Å². The van der Waals surface area contributed by atoms with Crippen LogP contribution in [0.3, 0.4) is 0 Å². The van der Waals surface area contributed by atoms with Gasteiger partial charge in [0.1, 0.15) is 5.75 Å². The first-order valence-corrected chi connectivity index (χ1v) is 7.69. The lowest BCUT2D eigenvalue weighted by Gasteiger charge is -2.08. The first-order chi connectivity index (χ1) is 9.40. The third-order valence-electron chi connectivity index (χ3n) is 2.65. The highest BCUT2D eigenvalue weighted by molar-refractivity contribution is 7.90. The molecule has 104 valence electrons. The van der Waals surface area contributed by atoms with Crippen LogP contribution in [0, 0.1) is 6.92 Å². The third kappa shape index (κ3) is 3.21. The summed E-state index contributed by atoms with van der Waals surface area (Å²) in [4.78, 5) is 14.9. The highest BCUT2D eigenvalue weighted by Gasteiger charge is 2.08. The summed E-state index contributed by atoms with van der Waals surface area (Å²) in [5.41, 5.74) is 1.20. The van der Waals surface area contributed by atoms with Crippen molar-refractivity contribution in [2.24, 2.45) is 0 Å². The molecule has 1 heterocycles. The van der Waals surface area contributed by atoms with Gasteiger partial charge in [-0.15, -0.1) is 0 Å². The van der Waals surface area contributed by atoms with Gasteiger partial charge in [-0.1, -0.05) is 0 Å². The number of carbonyl (C=O) groups excluding carboxylic acids is 1. The van der Waals surface area contributed by atoms with E-state index in [0.29, 0.717) is 23.5 Å². The molecule has 5 nitrogen and oxygen atoms in total. The second-order valence-electron chi connectivity index (χ2n) is 4.35. The van der Waals surface area contributed by atoms with Crippen LogP contribution in [0.1, 0.15) is 15.9 Å². The molecule has 0 saturated carbocycles. The number of hydrogen-bond donors (Lipinski definition) is 0. The summed E-state index contributed by atoms with van der Waals surface area (Å²) in [6, 6.07) is 7.73. The van der Waals surface area contributed by atoms with Crippen LogP contribution in [0.15, 0.2) is 41.4 Å². The predicted molar refractivity (Wildman–Crippen MR) is 74.0 cm³/mol. The smallest absolute Gasteiger partial charge is 0.222 e. The summed E-state index contributed by atoms with van der Waals surface area (Å²) in [5, 5.41) is 0. The lowest BCUT2D eigenvalue weighted by atomic mass is 10.2.